The van der Waals surface area contributed by atoms with Crippen LogP contribution >= 0.6 is 15.9 Å². The van der Waals surface area contributed by atoms with E-state index in [-0.39, 0.29) is 0 Å². The lowest BCUT2D eigenvalue weighted by molar-refractivity contribution is 0.587. The molecule has 0 spiro atoms. The van der Waals surface area contributed by atoms with Crippen molar-refractivity contribution in [2.24, 2.45) is 0 Å². The second-order valence-corrected chi connectivity index (χ2v) is 4.70. The Morgan fingerprint density at radius 1 is 1.05 bits per heavy atom. The van der Waals surface area contributed by atoms with Gasteiger partial charge in [-0.1, -0.05) is 21.0 Å². The zero-order chi connectivity index (χ0) is 13.1. The van der Waals surface area contributed by atoms with Crippen molar-refractivity contribution in [1.29, 1.82) is 0 Å². The summed E-state index contributed by atoms with van der Waals surface area (Å²) in [6.45, 7) is 0. The molecule has 0 saturated carbocycles. The smallest absolute Gasteiger partial charge is 0.320 e. The summed E-state index contributed by atoms with van der Waals surface area (Å²) in [6, 6.07) is 11.7. The van der Waals surface area contributed by atoms with E-state index >= 15 is 0 Å². The van der Waals surface area contributed by atoms with Gasteiger partial charge in [0.15, 0.2) is 0 Å². The highest BCUT2D eigenvalue weighted by Gasteiger charge is 2.08. The van der Waals surface area contributed by atoms with Crippen LogP contribution in [0.2, 0.25) is 0 Å². The standard InChI is InChI=1S/C13H9BrN4O/c14-10-3-5-11(6-4-10)16-13-18-17-12(19-13)9-2-1-7-15-8-9/h1-8H,(H,16,18). The van der Waals surface area contributed by atoms with Gasteiger partial charge in [0.05, 0.1) is 5.56 Å². The van der Waals surface area contributed by atoms with Crippen LogP contribution in [0.4, 0.5) is 11.7 Å². The number of rotatable bonds is 3. The lowest BCUT2D eigenvalue weighted by Crippen LogP contribution is -1.89. The molecule has 0 fully saturated rings. The Morgan fingerprint density at radius 2 is 1.89 bits per heavy atom. The molecular weight excluding hydrogens is 308 g/mol. The molecule has 0 aliphatic rings. The number of nitrogens with zero attached hydrogens (tertiary/aromatic N) is 3. The molecule has 0 atom stereocenters. The summed E-state index contributed by atoms with van der Waals surface area (Å²) in [5, 5.41) is 11.0. The Labute approximate surface area is 117 Å². The van der Waals surface area contributed by atoms with Crippen molar-refractivity contribution in [3.8, 4) is 11.5 Å². The Bertz CT molecular complexity index is 667. The van der Waals surface area contributed by atoms with Gasteiger partial charge in [0, 0.05) is 22.6 Å². The van der Waals surface area contributed by atoms with Crippen LogP contribution in [0.25, 0.3) is 11.5 Å². The molecule has 0 aliphatic carbocycles. The SMILES string of the molecule is Brc1ccc(Nc2nnc(-c3cccnc3)o2)cc1. The van der Waals surface area contributed by atoms with Crippen LogP contribution in [0.3, 0.4) is 0 Å². The normalized spacial score (nSPS) is 10.4. The Kier molecular flexibility index (Phi) is 3.24. The van der Waals surface area contributed by atoms with Gasteiger partial charge < -0.3 is 9.73 Å². The number of anilines is 2. The molecule has 6 heteroatoms. The minimum absolute atomic E-state index is 0.348. The molecule has 0 bridgehead atoms. The molecule has 94 valence electrons. The molecule has 2 heterocycles. The highest BCUT2D eigenvalue weighted by molar-refractivity contribution is 9.10. The highest BCUT2D eigenvalue weighted by Crippen LogP contribution is 2.22. The van der Waals surface area contributed by atoms with Crippen LogP contribution in [0, 0.1) is 0 Å². The molecule has 3 aromatic rings. The maximum Gasteiger partial charge on any atom is 0.320 e. The van der Waals surface area contributed by atoms with Crippen molar-refractivity contribution < 1.29 is 4.42 Å². The first-order valence-electron chi connectivity index (χ1n) is 5.58. The summed E-state index contributed by atoms with van der Waals surface area (Å²) < 4.78 is 6.53. The van der Waals surface area contributed by atoms with E-state index in [1.807, 2.05) is 36.4 Å². The summed E-state index contributed by atoms with van der Waals surface area (Å²) in [7, 11) is 0. The molecular formula is C13H9BrN4O. The van der Waals surface area contributed by atoms with Crippen LogP contribution in [0.5, 0.6) is 0 Å². The fraction of sp³-hybridized carbons (Fsp3) is 0. The Hall–Kier alpha value is -2.21. The molecule has 0 amide bonds. The molecule has 1 aromatic carbocycles. The molecule has 3 rings (SSSR count). The zero-order valence-electron chi connectivity index (χ0n) is 9.75. The van der Waals surface area contributed by atoms with E-state index in [1.54, 1.807) is 12.4 Å². The number of aromatic nitrogens is 3. The number of hydrogen-bond acceptors (Lipinski definition) is 5. The molecule has 5 nitrogen and oxygen atoms in total. The molecule has 1 N–H and O–H groups in total. The van der Waals surface area contributed by atoms with Crippen LogP contribution < -0.4 is 5.32 Å². The van der Waals surface area contributed by atoms with Gasteiger partial charge >= 0.3 is 6.01 Å². The third kappa shape index (κ3) is 2.79. The molecule has 2 aromatic heterocycles. The number of hydrogen-bond donors (Lipinski definition) is 1. The first-order chi connectivity index (χ1) is 9.31. The fourth-order valence-electron chi connectivity index (χ4n) is 1.54. The van der Waals surface area contributed by atoms with Gasteiger partial charge in [0.25, 0.3) is 5.89 Å². The maximum atomic E-state index is 5.52. The minimum atomic E-state index is 0.348. The summed E-state index contributed by atoms with van der Waals surface area (Å²) in [6.07, 6.45) is 3.37. The van der Waals surface area contributed by atoms with Gasteiger partial charge in [0.2, 0.25) is 0 Å². The number of pyridine rings is 1. The Balaban J connectivity index is 1.80. The van der Waals surface area contributed by atoms with Crippen molar-refractivity contribution in [3.05, 3.63) is 53.3 Å². The number of halogens is 1. The molecule has 19 heavy (non-hydrogen) atoms. The van der Waals surface area contributed by atoms with E-state index in [0.717, 1.165) is 15.7 Å². The lowest BCUT2D eigenvalue weighted by atomic mass is 10.3. The fourth-order valence-corrected chi connectivity index (χ4v) is 1.80. The lowest BCUT2D eigenvalue weighted by Gasteiger charge is -2.00. The van der Waals surface area contributed by atoms with Gasteiger partial charge in [-0.2, -0.15) is 0 Å². The van der Waals surface area contributed by atoms with E-state index in [2.05, 4.69) is 36.4 Å². The topological polar surface area (TPSA) is 63.8 Å². The molecule has 0 saturated heterocycles. The van der Waals surface area contributed by atoms with Crippen molar-refractivity contribution in [2.45, 2.75) is 0 Å². The van der Waals surface area contributed by atoms with E-state index in [0.29, 0.717) is 11.9 Å². The average Bonchev–Trinajstić information content (AvgIpc) is 2.91. The van der Waals surface area contributed by atoms with Gasteiger partial charge in [-0.25, -0.2) is 0 Å². The van der Waals surface area contributed by atoms with E-state index in [9.17, 15) is 0 Å². The van der Waals surface area contributed by atoms with Crippen LogP contribution in [-0.2, 0) is 0 Å². The van der Waals surface area contributed by atoms with E-state index in [1.165, 1.54) is 0 Å². The summed E-state index contributed by atoms with van der Waals surface area (Å²) in [5.74, 6) is 0.438. The summed E-state index contributed by atoms with van der Waals surface area (Å²) in [4.78, 5) is 4.01. The predicted octanol–water partition coefficient (Wildman–Crippen LogP) is 3.64. The highest BCUT2D eigenvalue weighted by atomic mass is 79.9. The first-order valence-corrected chi connectivity index (χ1v) is 6.37. The minimum Gasteiger partial charge on any atom is -0.403 e. The predicted molar refractivity (Wildman–Crippen MR) is 75.0 cm³/mol. The van der Waals surface area contributed by atoms with Crippen LogP contribution in [0.15, 0.2) is 57.7 Å². The maximum absolute atomic E-state index is 5.52. The van der Waals surface area contributed by atoms with Crippen LogP contribution in [-0.4, -0.2) is 15.2 Å². The third-order valence-corrected chi connectivity index (χ3v) is 2.96. The molecule has 0 radical (unpaired) electrons. The van der Waals surface area contributed by atoms with Crippen molar-refractivity contribution in [3.63, 3.8) is 0 Å². The summed E-state index contributed by atoms with van der Waals surface area (Å²) >= 11 is 3.38. The second kappa shape index (κ2) is 5.19. The zero-order valence-corrected chi connectivity index (χ0v) is 11.3. The van der Waals surface area contributed by atoms with Gasteiger partial charge in [-0.05, 0) is 36.4 Å². The molecule has 0 unspecified atom stereocenters. The number of nitrogens with one attached hydrogen (secondary N) is 1. The van der Waals surface area contributed by atoms with Gasteiger partial charge in [0.1, 0.15) is 0 Å². The molecule has 0 aliphatic heterocycles. The van der Waals surface area contributed by atoms with E-state index < -0.39 is 0 Å². The van der Waals surface area contributed by atoms with Gasteiger partial charge in [-0.3, -0.25) is 4.98 Å². The van der Waals surface area contributed by atoms with Crippen molar-refractivity contribution >= 4 is 27.6 Å². The first kappa shape index (κ1) is 11.9. The van der Waals surface area contributed by atoms with Crippen molar-refractivity contribution in [1.82, 2.24) is 15.2 Å². The van der Waals surface area contributed by atoms with Crippen LogP contribution in [0.1, 0.15) is 0 Å². The van der Waals surface area contributed by atoms with Gasteiger partial charge in [-0.15, -0.1) is 5.10 Å². The third-order valence-electron chi connectivity index (χ3n) is 2.43. The quantitative estimate of drug-likeness (QED) is 0.799. The van der Waals surface area contributed by atoms with Crippen molar-refractivity contribution in [2.75, 3.05) is 5.32 Å². The Morgan fingerprint density at radius 3 is 2.63 bits per heavy atom. The second-order valence-electron chi connectivity index (χ2n) is 3.79. The largest absolute Gasteiger partial charge is 0.403 e. The average molecular weight is 317 g/mol. The van der Waals surface area contributed by atoms with E-state index in [4.69, 9.17) is 4.42 Å². The monoisotopic (exact) mass is 316 g/mol. The summed E-state index contributed by atoms with van der Waals surface area (Å²) in [5.41, 5.74) is 1.67. The number of benzene rings is 1.